The lowest BCUT2D eigenvalue weighted by atomic mass is 10.2. The summed E-state index contributed by atoms with van der Waals surface area (Å²) in [6.45, 7) is 2.65. The molecule has 2 heterocycles. The maximum atomic E-state index is 12.9. The summed E-state index contributed by atoms with van der Waals surface area (Å²) in [7, 11) is 0. The molecule has 0 unspecified atom stereocenters. The van der Waals surface area contributed by atoms with E-state index in [1.54, 1.807) is 29.0 Å². The summed E-state index contributed by atoms with van der Waals surface area (Å²) in [5, 5.41) is 1.80. The molecule has 0 spiro atoms. The molecule has 0 fully saturated rings. The van der Waals surface area contributed by atoms with Gasteiger partial charge in [0.05, 0.1) is 16.6 Å². The number of thioether (sulfide) groups is 1. The van der Waals surface area contributed by atoms with Gasteiger partial charge in [-0.15, -0.1) is 0 Å². The van der Waals surface area contributed by atoms with E-state index in [1.807, 2.05) is 37.3 Å². The molecule has 0 bridgehead atoms. The Balaban J connectivity index is 1.63. The van der Waals surface area contributed by atoms with Crippen molar-refractivity contribution in [3.05, 3.63) is 75.9 Å². The summed E-state index contributed by atoms with van der Waals surface area (Å²) in [6, 6.07) is 14.9. The molecular weight excluding hydrogens is 394 g/mol. The van der Waals surface area contributed by atoms with E-state index in [4.69, 9.17) is 16.0 Å². The van der Waals surface area contributed by atoms with Crippen LogP contribution >= 0.6 is 23.4 Å². The smallest absolute Gasteiger partial charge is 0.262 e. The molecule has 0 aliphatic rings. The molecule has 4 rings (SSSR count). The van der Waals surface area contributed by atoms with Crippen LogP contribution < -0.4 is 5.56 Å². The molecule has 0 amide bonds. The van der Waals surface area contributed by atoms with E-state index in [1.165, 1.54) is 11.8 Å². The SMILES string of the molecule is CCCn1c(SCc2coc(-c3ccccc3)n2)nc2cc(Cl)ccc2c1=O. The van der Waals surface area contributed by atoms with Gasteiger partial charge in [0.25, 0.3) is 5.56 Å². The Morgan fingerprint density at radius 1 is 1.14 bits per heavy atom. The van der Waals surface area contributed by atoms with Gasteiger partial charge < -0.3 is 4.42 Å². The second-order valence-electron chi connectivity index (χ2n) is 6.31. The van der Waals surface area contributed by atoms with Gasteiger partial charge in [0.15, 0.2) is 5.16 Å². The molecule has 0 saturated carbocycles. The van der Waals surface area contributed by atoms with E-state index >= 15 is 0 Å². The van der Waals surface area contributed by atoms with Gasteiger partial charge in [0, 0.05) is 22.9 Å². The van der Waals surface area contributed by atoms with Gasteiger partial charge in [0.1, 0.15) is 6.26 Å². The van der Waals surface area contributed by atoms with Gasteiger partial charge in [-0.2, -0.15) is 0 Å². The average molecular weight is 412 g/mol. The highest BCUT2D eigenvalue weighted by atomic mass is 35.5. The molecular formula is C21H18ClN3O2S. The first kappa shape index (κ1) is 18.8. The number of fused-ring (bicyclic) bond motifs is 1. The first-order chi connectivity index (χ1) is 13.7. The van der Waals surface area contributed by atoms with Gasteiger partial charge in [-0.25, -0.2) is 9.97 Å². The number of oxazole rings is 1. The van der Waals surface area contributed by atoms with Crippen LogP contribution in [0.15, 0.2) is 69.2 Å². The van der Waals surface area contributed by atoms with Gasteiger partial charge >= 0.3 is 0 Å². The van der Waals surface area contributed by atoms with E-state index in [0.29, 0.717) is 39.3 Å². The molecule has 0 aliphatic heterocycles. The highest BCUT2D eigenvalue weighted by Crippen LogP contribution is 2.25. The Morgan fingerprint density at radius 3 is 2.75 bits per heavy atom. The number of nitrogens with zero attached hydrogens (tertiary/aromatic N) is 3. The minimum absolute atomic E-state index is 0.0452. The molecule has 7 heteroatoms. The number of aromatic nitrogens is 3. The van der Waals surface area contributed by atoms with Crippen molar-refractivity contribution in [2.24, 2.45) is 0 Å². The molecule has 0 radical (unpaired) electrons. The van der Waals surface area contributed by atoms with Gasteiger partial charge in [0.2, 0.25) is 5.89 Å². The van der Waals surface area contributed by atoms with Crippen LogP contribution in [0.5, 0.6) is 0 Å². The fourth-order valence-corrected chi connectivity index (χ4v) is 4.00. The van der Waals surface area contributed by atoms with Crippen molar-refractivity contribution in [3.63, 3.8) is 0 Å². The van der Waals surface area contributed by atoms with Crippen LogP contribution in [0.25, 0.3) is 22.4 Å². The predicted molar refractivity (Wildman–Crippen MR) is 113 cm³/mol. The van der Waals surface area contributed by atoms with Crippen LogP contribution in [0, 0.1) is 0 Å². The first-order valence-electron chi connectivity index (χ1n) is 8.98. The summed E-state index contributed by atoms with van der Waals surface area (Å²) in [4.78, 5) is 22.1. The van der Waals surface area contributed by atoms with Crippen LogP contribution in [-0.2, 0) is 12.3 Å². The van der Waals surface area contributed by atoms with Gasteiger partial charge in [-0.3, -0.25) is 9.36 Å². The molecule has 0 saturated heterocycles. The van der Waals surface area contributed by atoms with Crippen LogP contribution in [0.2, 0.25) is 5.02 Å². The molecule has 0 aliphatic carbocycles. The Kier molecular flexibility index (Phi) is 5.50. The van der Waals surface area contributed by atoms with Gasteiger partial charge in [-0.05, 0) is 36.8 Å². The van der Waals surface area contributed by atoms with E-state index in [0.717, 1.165) is 17.7 Å². The van der Waals surface area contributed by atoms with Crippen molar-refractivity contribution < 1.29 is 4.42 Å². The summed E-state index contributed by atoms with van der Waals surface area (Å²) >= 11 is 7.55. The fourth-order valence-electron chi connectivity index (χ4n) is 2.93. The van der Waals surface area contributed by atoms with E-state index in [9.17, 15) is 4.79 Å². The van der Waals surface area contributed by atoms with E-state index < -0.39 is 0 Å². The lowest BCUT2D eigenvalue weighted by Gasteiger charge is -2.11. The molecule has 5 nitrogen and oxygen atoms in total. The highest BCUT2D eigenvalue weighted by Gasteiger charge is 2.13. The number of hydrogen-bond donors (Lipinski definition) is 0. The minimum atomic E-state index is -0.0452. The van der Waals surface area contributed by atoms with Crippen LogP contribution in [0.4, 0.5) is 0 Å². The Labute approximate surface area is 171 Å². The highest BCUT2D eigenvalue weighted by molar-refractivity contribution is 7.98. The van der Waals surface area contributed by atoms with Crippen LogP contribution in [0.1, 0.15) is 19.0 Å². The lowest BCUT2D eigenvalue weighted by Crippen LogP contribution is -2.23. The summed E-state index contributed by atoms with van der Waals surface area (Å²) in [5.41, 5.74) is 2.29. The van der Waals surface area contributed by atoms with Crippen molar-refractivity contribution in [2.45, 2.75) is 30.8 Å². The molecule has 2 aromatic heterocycles. The van der Waals surface area contributed by atoms with Crippen molar-refractivity contribution in [1.82, 2.24) is 14.5 Å². The minimum Gasteiger partial charge on any atom is -0.444 e. The van der Waals surface area contributed by atoms with E-state index in [-0.39, 0.29) is 5.56 Å². The van der Waals surface area contributed by atoms with Crippen molar-refractivity contribution in [1.29, 1.82) is 0 Å². The van der Waals surface area contributed by atoms with Gasteiger partial charge in [-0.1, -0.05) is 48.5 Å². The zero-order chi connectivity index (χ0) is 19.5. The third kappa shape index (κ3) is 3.84. The normalized spacial score (nSPS) is 11.2. The third-order valence-electron chi connectivity index (χ3n) is 4.25. The topological polar surface area (TPSA) is 60.9 Å². The molecule has 0 atom stereocenters. The molecule has 4 aromatic rings. The predicted octanol–water partition coefficient (Wildman–Crippen LogP) is 5.41. The van der Waals surface area contributed by atoms with Crippen molar-refractivity contribution in [2.75, 3.05) is 0 Å². The molecule has 28 heavy (non-hydrogen) atoms. The maximum Gasteiger partial charge on any atom is 0.262 e. The van der Waals surface area contributed by atoms with Crippen molar-refractivity contribution >= 4 is 34.3 Å². The lowest BCUT2D eigenvalue weighted by molar-refractivity contribution is 0.573. The van der Waals surface area contributed by atoms with Crippen molar-refractivity contribution in [3.8, 4) is 11.5 Å². The fraction of sp³-hybridized carbons (Fsp3) is 0.190. The third-order valence-corrected chi connectivity index (χ3v) is 5.50. The zero-order valence-corrected chi connectivity index (χ0v) is 16.8. The largest absolute Gasteiger partial charge is 0.444 e. The number of benzene rings is 2. The molecule has 142 valence electrons. The quantitative estimate of drug-likeness (QED) is 0.313. The number of halogens is 1. The molecule has 0 N–H and O–H groups in total. The average Bonchev–Trinajstić information content (AvgIpc) is 3.18. The maximum absolute atomic E-state index is 12.9. The van der Waals surface area contributed by atoms with E-state index in [2.05, 4.69) is 9.97 Å². The Morgan fingerprint density at radius 2 is 1.96 bits per heavy atom. The monoisotopic (exact) mass is 411 g/mol. The first-order valence-corrected chi connectivity index (χ1v) is 10.3. The number of rotatable bonds is 6. The second-order valence-corrected chi connectivity index (χ2v) is 7.69. The summed E-state index contributed by atoms with van der Waals surface area (Å²) < 4.78 is 7.32. The summed E-state index contributed by atoms with van der Waals surface area (Å²) in [6.07, 6.45) is 2.49. The number of hydrogen-bond acceptors (Lipinski definition) is 5. The Hall–Kier alpha value is -2.57. The summed E-state index contributed by atoms with van der Waals surface area (Å²) in [5.74, 6) is 1.14. The van der Waals surface area contributed by atoms with Crippen LogP contribution in [-0.4, -0.2) is 14.5 Å². The zero-order valence-electron chi connectivity index (χ0n) is 15.3. The molecule has 2 aromatic carbocycles. The Bertz CT molecular complexity index is 1170. The second kappa shape index (κ2) is 8.20. The van der Waals surface area contributed by atoms with Crippen LogP contribution in [0.3, 0.4) is 0 Å². The standard InChI is InChI=1S/C21H18ClN3O2S/c1-2-10-25-20(26)17-9-8-15(22)11-18(17)24-21(25)28-13-16-12-27-19(23-16)14-6-4-3-5-7-14/h3-9,11-12H,2,10,13H2,1H3.